The zero-order chi connectivity index (χ0) is 16.2. The van der Waals surface area contributed by atoms with Crippen LogP contribution < -0.4 is 10.3 Å². The van der Waals surface area contributed by atoms with E-state index in [1.165, 1.54) is 16.9 Å². The van der Waals surface area contributed by atoms with Crippen molar-refractivity contribution < 1.29 is 8.42 Å². The smallest absolute Gasteiger partial charge is 0.266 e. The van der Waals surface area contributed by atoms with Crippen LogP contribution >= 0.6 is 0 Å². The molecule has 0 saturated carbocycles. The van der Waals surface area contributed by atoms with E-state index in [0.29, 0.717) is 13.0 Å². The second kappa shape index (κ2) is 6.85. The molecule has 118 valence electrons. The third kappa shape index (κ3) is 4.02. The fourth-order valence-electron chi connectivity index (χ4n) is 1.95. The van der Waals surface area contributed by atoms with Crippen molar-refractivity contribution in [3.05, 3.63) is 58.0 Å². The Kier molecular flexibility index (Phi) is 5.10. The lowest BCUT2D eigenvalue weighted by Gasteiger charge is -2.09. The summed E-state index contributed by atoms with van der Waals surface area (Å²) in [6.45, 7) is 4.43. The Balaban J connectivity index is 1.94. The van der Waals surface area contributed by atoms with E-state index in [9.17, 15) is 13.2 Å². The number of sulfonamides is 1. The maximum atomic E-state index is 12.2. The van der Waals surface area contributed by atoms with Crippen LogP contribution in [-0.4, -0.2) is 24.7 Å². The van der Waals surface area contributed by atoms with Gasteiger partial charge in [0.25, 0.3) is 5.56 Å². The molecule has 2 aromatic rings. The predicted molar refractivity (Wildman–Crippen MR) is 84.2 cm³/mol. The molecule has 0 amide bonds. The molecule has 1 N–H and O–H groups in total. The van der Waals surface area contributed by atoms with Gasteiger partial charge in [-0.2, -0.15) is 5.10 Å². The van der Waals surface area contributed by atoms with Crippen LogP contribution in [0.4, 0.5) is 0 Å². The highest BCUT2D eigenvalue weighted by Gasteiger charge is 2.13. The summed E-state index contributed by atoms with van der Waals surface area (Å²) in [5, 5.41) is 3.92. The molecular weight excluding hydrogens is 302 g/mol. The molecule has 6 nitrogen and oxygen atoms in total. The van der Waals surface area contributed by atoms with Crippen molar-refractivity contribution in [2.75, 3.05) is 6.54 Å². The molecule has 7 heteroatoms. The van der Waals surface area contributed by atoms with Gasteiger partial charge in [-0.3, -0.25) is 4.79 Å². The molecule has 22 heavy (non-hydrogen) atoms. The summed E-state index contributed by atoms with van der Waals surface area (Å²) in [6.07, 6.45) is 2.02. The first-order valence-corrected chi connectivity index (χ1v) is 8.47. The van der Waals surface area contributed by atoms with Gasteiger partial charge in [0.15, 0.2) is 0 Å². The molecule has 0 atom stereocenters. The molecule has 0 aliphatic rings. The average molecular weight is 321 g/mol. The summed E-state index contributed by atoms with van der Waals surface area (Å²) in [4.78, 5) is 11.7. The van der Waals surface area contributed by atoms with Gasteiger partial charge >= 0.3 is 0 Å². The minimum absolute atomic E-state index is 0.195. The van der Waals surface area contributed by atoms with Crippen LogP contribution in [0.3, 0.4) is 0 Å². The van der Waals surface area contributed by atoms with Gasteiger partial charge < -0.3 is 0 Å². The number of aromatic nitrogens is 2. The normalized spacial score (nSPS) is 11.5. The molecular formula is C15H19N3O3S. The van der Waals surface area contributed by atoms with E-state index in [4.69, 9.17) is 0 Å². The van der Waals surface area contributed by atoms with E-state index in [0.717, 1.165) is 11.1 Å². The number of hydrogen-bond acceptors (Lipinski definition) is 4. The first kappa shape index (κ1) is 16.4. The molecule has 0 fully saturated rings. The van der Waals surface area contributed by atoms with Gasteiger partial charge in [0.1, 0.15) is 0 Å². The third-order valence-electron chi connectivity index (χ3n) is 3.41. The summed E-state index contributed by atoms with van der Waals surface area (Å²) in [7, 11) is -3.52. The quantitative estimate of drug-likeness (QED) is 0.811. The van der Waals surface area contributed by atoms with Gasteiger partial charge in [0.05, 0.1) is 4.90 Å². The maximum Gasteiger partial charge on any atom is 0.266 e. The van der Waals surface area contributed by atoms with E-state index in [1.807, 2.05) is 13.8 Å². The highest BCUT2D eigenvalue weighted by molar-refractivity contribution is 7.89. The van der Waals surface area contributed by atoms with Crippen LogP contribution in [0.15, 0.2) is 46.2 Å². The van der Waals surface area contributed by atoms with Crippen LogP contribution in [0.2, 0.25) is 0 Å². The molecule has 0 aliphatic heterocycles. The number of aryl methyl sites for hydroxylation is 3. The lowest BCUT2D eigenvalue weighted by Crippen LogP contribution is -2.28. The van der Waals surface area contributed by atoms with Gasteiger partial charge in [-0.1, -0.05) is 6.07 Å². The Bertz CT molecular complexity index is 813. The highest BCUT2D eigenvalue weighted by Crippen LogP contribution is 2.14. The number of rotatable bonds is 6. The minimum atomic E-state index is -3.52. The summed E-state index contributed by atoms with van der Waals surface area (Å²) < 4.78 is 28.2. The Labute approximate surface area is 129 Å². The Hall–Kier alpha value is -1.99. The van der Waals surface area contributed by atoms with Crippen molar-refractivity contribution in [3.8, 4) is 0 Å². The fourth-order valence-corrected chi connectivity index (χ4v) is 3.11. The minimum Gasteiger partial charge on any atom is -0.268 e. The zero-order valence-electron chi connectivity index (χ0n) is 12.6. The second-order valence-corrected chi connectivity index (χ2v) is 6.85. The summed E-state index contributed by atoms with van der Waals surface area (Å²) in [5.41, 5.74) is 1.79. The predicted octanol–water partition coefficient (Wildman–Crippen LogP) is 1.23. The van der Waals surface area contributed by atoms with Crippen LogP contribution in [0.1, 0.15) is 17.5 Å². The van der Waals surface area contributed by atoms with E-state index < -0.39 is 10.0 Å². The molecule has 2 rings (SSSR count). The first-order valence-electron chi connectivity index (χ1n) is 6.99. The Morgan fingerprint density at radius 2 is 1.95 bits per heavy atom. The molecule has 0 saturated heterocycles. The van der Waals surface area contributed by atoms with Crippen molar-refractivity contribution in [2.45, 2.75) is 31.7 Å². The maximum absolute atomic E-state index is 12.2. The van der Waals surface area contributed by atoms with Crippen LogP contribution in [0, 0.1) is 13.8 Å². The zero-order valence-corrected chi connectivity index (χ0v) is 13.4. The molecule has 0 unspecified atom stereocenters. The number of hydrogen-bond donors (Lipinski definition) is 1. The van der Waals surface area contributed by atoms with Crippen molar-refractivity contribution in [3.63, 3.8) is 0 Å². The van der Waals surface area contributed by atoms with Crippen molar-refractivity contribution in [1.82, 2.24) is 14.5 Å². The van der Waals surface area contributed by atoms with E-state index in [-0.39, 0.29) is 17.0 Å². The fraction of sp³-hybridized carbons (Fsp3) is 0.333. The third-order valence-corrected chi connectivity index (χ3v) is 4.87. The van der Waals surface area contributed by atoms with E-state index >= 15 is 0 Å². The lowest BCUT2D eigenvalue weighted by molar-refractivity contribution is 0.535. The van der Waals surface area contributed by atoms with Gasteiger partial charge in [0.2, 0.25) is 10.0 Å². The first-order chi connectivity index (χ1) is 10.4. The van der Waals surface area contributed by atoms with E-state index in [1.54, 1.807) is 24.3 Å². The van der Waals surface area contributed by atoms with Crippen molar-refractivity contribution in [2.24, 2.45) is 0 Å². The SMILES string of the molecule is Cc1ccc(S(=O)(=O)NCCCn2ncccc2=O)cc1C. The molecule has 0 radical (unpaired) electrons. The molecule has 1 aromatic heterocycles. The molecule has 1 heterocycles. The van der Waals surface area contributed by atoms with E-state index in [2.05, 4.69) is 9.82 Å². The van der Waals surface area contributed by atoms with Gasteiger partial charge in [0, 0.05) is 25.4 Å². The second-order valence-electron chi connectivity index (χ2n) is 5.08. The summed E-state index contributed by atoms with van der Waals surface area (Å²) in [5.74, 6) is 0. The topological polar surface area (TPSA) is 81.1 Å². The number of nitrogens with one attached hydrogen (secondary N) is 1. The molecule has 1 aromatic carbocycles. The van der Waals surface area contributed by atoms with Crippen molar-refractivity contribution >= 4 is 10.0 Å². The van der Waals surface area contributed by atoms with Crippen molar-refractivity contribution in [1.29, 1.82) is 0 Å². The molecule has 0 bridgehead atoms. The Morgan fingerprint density at radius 1 is 1.18 bits per heavy atom. The standard InChI is InChI=1S/C15H19N3O3S/c1-12-6-7-14(11-13(12)2)22(20,21)17-9-4-10-18-15(19)5-3-8-16-18/h3,5-8,11,17H,4,9-10H2,1-2H3. The largest absolute Gasteiger partial charge is 0.268 e. The number of benzene rings is 1. The summed E-state index contributed by atoms with van der Waals surface area (Å²) >= 11 is 0. The Morgan fingerprint density at radius 3 is 2.64 bits per heavy atom. The van der Waals surface area contributed by atoms with Crippen LogP contribution in [-0.2, 0) is 16.6 Å². The molecule has 0 spiro atoms. The number of nitrogens with zero attached hydrogens (tertiary/aromatic N) is 2. The van der Waals surface area contributed by atoms with Gasteiger partial charge in [-0.25, -0.2) is 17.8 Å². The summed E-state index contributed by atoms with van der Waals surface area (Å²) in [6, 6.07) is 8.03. The van der Waals surface area contributed by atoms with Gasteiger partial charge in [-0.15, -0.1) is 0 Å². The van der Waals surface area contributed by atoms with Gasteiger partial charge in [-0.05, 0) is 49.6 Å². The monoisotopic (exact) mass is 321 g/mol. The van der Waals surface area contributed by atoms with Crippen LogP contribution in [0.5, 0.6) is 0 Å². The average Bonchev–Trinajstić information content (AvgIpc) is 2.48. The highest BCUT2D eigenvalue weighted by atomic mass is 32.2. The van der Waals surface area contributed by atoms with Crippen LogP contribution in [0.25, 0.3) is 0 Å². The molecule has 0 aliphatic carbocycles. The lowest BCUT2D eigenvalue weighted by atomic mass is 10.1.